The van der Waals surface area contributed by atoms with Gasteiger partial charge < -0.3 is 5.32 Å². The molecule has 0 spiro atoms. The van der Waals surface area contributed by atoms with Gasteiger partial charge in [-0.15, -0.1) is 11.3 Å². The predicted molar refractivity (Wildman–Crippen MR) is 87.9 cm³/mol. The second kappa shape index (κ2) is 6.67. The Morgan fingerprint density at radius 3 is 2.86 bits per heavy atom. The number of hydrogen-bond donors (Lipinski definition) is 1. The molecule has 0 aliphatic heterocycles. The summed E-state index contributed by atoms with van der Waals surface area (Å²) in [4.78, 5) is 10.9. The van der Waals surface area contributed by atoms with Crippen LogP contribution in [-0.4, -0.2) is 16.5 Å². The van der Waals surface area contributed by atoms with Gasteiger partial charge in [-0.1, -0.05) is 13.0 Å². The molecule has 0 bridgehead atoms. The molecule has 1 aliphatic carbocycles. The molecule has 0 saturated carbocycles. The molecule has 112 valence electrons. The number of aryl methyl sites for hydroxylation is 3. The fourth-order valence-corrected chi connectivity index (χ4v) is 4.04. The summed E-state index contributed by atoms with van der Waals surface area (Å²) in [6.45, 7) is 5.23. The quantitative estimate of drug-likeness (QED) is 0.912. The van der Waals surface area contributed by atoms with Gasteiger partial charge in [0.2, 0.25) is 0 Å². The van der Waals surface area contributed by atoms with E-state index in [9.17, 15) is 0 Å². The monoisotopic (exact) mass is 301 g/mol. The lowest BCUT2D eigenvalue weighted by molar-refractivity contribution is 0.590. The SMILES string of the molecule is CCCNC(c1ccc(C)nc1)c1nc2c(s1)CCCC2. The second-order valence-corrected chi connectivity index (χ2v) is 6.86. The van der Waals surface area contributed by atoms with Crippen molar-refractivity contribution in [1.82, 2.24) is 15.3 Å². The normalized spacial score (nSPS) is 15.7. The molecule has 2 aromatic heterocycles. The van der Waals surface area contributed by atoms with Crippen molar-refractivity contribution in [2.75, 3.05) is 6.54 Å². The number of fused-ring (bicyclic) bond motifs is 1. The first-order valence-corrected chi connectivity index (χ1v) is 8.74. The Morgan fingerprint density at radius 1 is 1.29 bits per heavy atom. The van der Waals surface area contributed by atoms with Crippen molar-refractivity contribution < 1.29 is 0 Å². The Bertz CT molecular complexity index is 565. The highest BCUT2D eigenvalue weighted by molar-refractivity contribution is 7.11. The minimum absolute atomic E-state index is 0.189. The van der Waals surface area contributed by atoms with Gasteiger partial charge in [-0.3, -0.25) is 4.98 Å². The van der Waals surface area contributed by atoms with Crippen LogP contribution in [0, 0.1) is 6.92 Å². The number of nitrogens with zero attached hydrogens (tertiary/aromatic N) is 2. The van der Waals surface area contributed by atoms with E-state index in [1.165, 1.54) is 40.4 Å². The molecule has 1 unspecified atom stereocenters. The van der Waals surface area contributed by atoms with Crippen molar-refractivity contribution in [2.45, 2.75) is 52.0 Å². The zero-order chi connectivity index (χ0) is 14.7. The molecule has 1 aliphatic rings. The molecule has 3 rings (SSSR count). The first-order valence-electron chi connectivity index (χ1n) is 7.92. The summed E-state index contributed by atoms with van der Waals surface area (Å²) in [5.74, 6) is 0. The molecule has 4 heteroatoms. The van der Waals surface area contributed by atoms with E-state index in [0.29, 0.717) is 0 Å². The van der Waals surface area contributed by atoms with Crippen LogP contribution in [0.5, 0.6) is 0 Å². The van der Waals surface area contributed by atoms with E-state index >= 15 is 0 Å². The van der Waals surface area contributed by atoms with Crippen molar-refractivity contribution >= 4 is 11.3 Å². The predicted octanol–water partition coefficient (Wildman–Crippen LogP) is 3.81. The van der Waals surface area contributed by atoms with Crippen LogP contribution in [0.15, 0.2) is 18.3 Å². The van der Waals surface area contributed by atoms with Gasteiger partial charge in [0.15, 0.2) is 0 Å². The van der Waals surface area contributed by atoms with E-state index in [0.717, 1.165) is 25.1 Å². The molecule has 0 aromatic carbocycles. The first kappa shape index (κ1) is 14.7. The van der Waals surface area contributed by atoms with Crippen molar-refractivity contribution in [3.8, 4) is 0 Å². The number of hydrogen-bond acceptors (Lipinski definition) is 4. The highest BCUT2D eigenvalue weighted by atomic mass is 32.1. The summed E-state index contributed by atoms with van der Waals surface area (Å²) in [6.07, 6.45) is 8.07. The molecule has 2 aromatic rings. The average molecular weight is 301 g/mol. The minimum Gasteiger partial charge on any atom is -0.304 e. The van der Waals surface area contributed by atoms with E-state index in [-0.39, 0.29) is 6.04 Å². The molecular weight excluding hydrogens is 278 g/mol. The molecule has 1 atom stereocenters. The summed E-state index contributed by atoms with van der Waals surface area (Å²) in [5.41, 5.74) is 3.62. The lowest BCUT2D eigenvalue weighted by Gasteiger charge is -2.16. The zero-order valence-corrected chi connectivity index (χ0v) is 13.7. The van der Waals surface area contributed by atoms with Crippen molar-refractivity contribution in [3.05, 3.63) is 45.2 Å². The fourth-order valence-electron chi connectivity index (χ4n) is 2.78. The largest absolute Gasteiger partial charge is 0.304 e. The number of rotatable bonds is 5. The van der Waals surface area contributed by atoms with Crippen LogP contribution in [0.3, 0.4) is 0 Å². The zero-order valence-electron chi connectivity index (χ0n) is 12.9. The van der Waals surface area contributed by atoms with Gasteiger partial charge in [0.05, 0.1) is 11.7 Å². The number of nitrogens with one attached hydrogen (secondary N) is 1. The van der Waals surface area contributed by atoms with Crippen LogP contribution in [0.25, 0.3) is 0 Å². The van der Waals surface area contributed by atoms with E-state index in [1.54, 1.807) is 0 Å². The summed E-state index contributed by atoms with van der Waals surface area (Å²) in [7, 11) is 0. The fraction of sp³-hybridized carbons (Fsp3) is 0.529. The molecule has 0 radical (unpaired) electrons. The van der Waals surface area contributed by atoms with E-state index in [1.807, 2.05) is 24.5 Å². The highest BCUT2D eigenvalue weighted by Gasteiger charge is 2.22. The van der Waals surface area contributed by atoms with Crippen molar-refractivity contribution in [1.29, 1.82) is 0 Å². The molecule has 3 nitrogen and oxygen atoms in total. The Labute approximate surface area is 130 Å². The standard InChI is InChI=1S/C17H23N3S/c1-3-10-18-16(13-9-8-12(2)19-11-13)17-20-14-6-4-5-7-15(14)21-17/h8-9,11,16,18H,3-7,10H2,1-2H3. The van der Waals surface area contributed by atoms with Gasteiger partial charge in [-0.05, 0) is 57.2 Å². The van der Waals surface area contributed by atoms with Crippen molar-refractivity contribution in [2.24, 2.45) is 0 Å². The van der Waals surface area contributed by atoms with E-state index in [4.69, 9.17) is 4.98 Å². The Balaban J connectivity index is 1.91. The lowest BCUT2D eigenvalue weighted by Crippen LogP contribution is -2.23. The second-order valence-electron chi connectivity index (χ2n) is 5.75. The van der Waals surface area contributed by atoms with Gasteiger partial charge >= 0.3 is 0 Å². The number of thiazole rings is 1. The average Bonchev–Trinajstić information content (AvgIpc) is 2.93. The third-order valence-electron chi connectivity index (χ3n) is 3.98. The lowest BCUT2D eigenvalue weighted by atomic mass is 10.0. The van der Waals surface area contributed by atoms with Crippen LogP contribution < -0.4 is 5.32 Å². The summed E-state index contributed by atoms with van der Waals surface area (Å²) in [6, 6.07) is 4.45. The van der Waals surface area contributed by atoms with Crippen LogP contribution in [0.1, 0.15) is 59.1 Å². The Morgan fingerprint density at radius 2 is 2.14 bits per heavy atom. The molecule has 1 N–H and O–H groups in total. The minimum atomic E-state index is 0.189. The molecule has 0 saturated heterocycles. The van der Waals surface area contributed by atoms with E-state index < -0.39 is 0 Å². The summed E-state index contributed by atoms with van der Waals surface area (Å²) in [5, 5.41) is 4.85. The van der Waals surface area contributed by atoms with Gasteiger partial charge in [0.1, 0.15) is 5.01 Å². The Hall–Kier alpha value is -1.26. The summed E-state index contributed by atoms with van der Waals surface area (Å²) < 4.78 is 0. The van der Waals surface area contributed by atoms with Crippen LogP contribution in [-0.2, 0) is 12.8 Å². The summed E-state index contributed by atoms with van der Waals surface area (Å²) >= 11 is 1.89. The maximum atomic E-state index is 4.93. The molecule has 21 heavy (non-hydrogen) atoms. The van der Waals surface area contributed by atoms with Crippen LogP contribution >= 0.6 is 11.3 Å². The van der Waals surface area contributed by atoms with Crippen LogP contribution in [0.2, 0.25) is 0 Å². The van der Waals surface area contributed by atoms with E-state index in [2.05, 4.69) is 29.4 Å². The molecule has 2 heterocycles. The first-order chi connectivity index (χ1) is 10.3. The van der Waals surface area contributed by atoms with Gasteiger partial charge in [0, 0.05) is 16.8 Å². The maximum absolute atomic E-state index is 4.93. The topological polar surface area (TPSA) is 37.8 Å². The van der Waals surface area contributed by atoms with Crippen molar-refractivity contribution in [3.63, 3.8) is 0 Å². The molecule has 0 amide bonds. The van der Waals surface area contributed by atoms with Crippen LogP contribution in [0.4, 0.5) is 0 Å². The third-order valence-corrected chi connectivity index (χ3v) is 5.20. The Kier molecular flexibility index (Phi) is 4.66. The smallest absolute Gasteiger partial charge is 0.115 e. The number of pyridine rings is 1. The highest BCUT2D eigenvalue weighted by Crippen LogP contribution is 2.32. The maximum Gasteiger partial charge on any atom is 0.115 e. The van der Waals surface area contributed by atoms with Gasteiger partial charge in [-0.25, -0.2) is 4.98 Å². The number of aromatic nitrogens is 2. The van der Waals surface area contributed by atoms with Gasteiger partial charge in [0.25, 0.3) is 0 Å². The third kappa shape index (κ3) is 3.33. The molecular formula is C17H23N3S. The molecule has 0 fully saturated rings. The van der Waals surface area contributed by atoms with Gasteiger partial charge in [-0.2, -0.15) is 0 Å².